The van der Waals surface area contributed by atoms with Crippen molar-refractivity contribution in [1.82, 2.24) is 19.7 Å². The normalized spacial score (nSPS) is 20.2. The minimum absolute atomic E-state index is 0.0262. The van der Waals surface area contributed by atoms with Crippen molar-refractivity contribution in [2.75, 3.05) is 14.2 Å². The summed E-state index contributed by atoms with van der Waals surface area (Å²) >= 11 is 1.33. The van der Waals surface area contributed by atoms with Crippen LogP contribution in [0.1, 0.15) is 55.5 Å². The fourth-order valence-corrected chi connectivity index (χ4v) is 7.39. The number of carbonyl (C=O) groups excluding carboxylic acids is 2. The van der Waals surface area contributed by atoms with Crippen molar-refractivity contribution in [2.24, 2.45) is 11.8 Å². The Labute approximate surface area is 229 Å². The molecule has 4 rings (SSSR count). The van der Waals surface area contributed by atoms with Crippen molar-refractivity contribution < 1.29 is 23.5 Å². The van der Waals surface area contributed by atoms with Gasteiger partial charge in [0, 0.05) is 44.3 Å². The molecule has 4 heterocycles. The Kier molecular flexibility index (Phi) is 7.72. The SMILES string of the molecule is COC(OC)(c1cccnc1)c1ncn2cc(C(=O)C(C)[C@H]3NC(=O)[C@@H]3[C@@H](C)O[Si](C)(C)C(C)(C)C)sc12. The molecule has 1 unspecified atom stereocenters. The lowest BCUT2D eigenvalue weighted by atomic mass is 9.77. The monoisotopic (exact) mass is 558 g/mol. The number of aromatic nitrogens is 3. The van der Waals surface area contributed by atoms with Gasteiger partial charge < -0.3 is 19.2 Å². The fraction of sp³-hybridized carbons (Fsp3) is 0.556. The van der Waals surface area contributed by atoms with Gasteiger partial charge in [0.2, 0.25) is 11.7 Å². The van der Waals surface area contributed by atoms with E-state index in [0.29, 0.717) is 16.1 Å². The largest absolute Gasteiger partial charge is 0.413 e. The smallest absolute Gasteiger partial charge is 0.243 e. The van der Waals surface area contributed by atoms with Gasteiger partial charge in [-0.2, -0.15) is 0 Å². The van der Waals surface area contributed by atoms with Crippen molar-refractivity contribution in [2.45, 2.75) is 70.7 Å². The molecule has 0 radical (unpaired) electrons. The third kappa shape index (κ3) is 4.75. The topological polar surface area (TPSA) is 104 Å². The van der Waals surface area contributed by atoms with Crippen LogP contribution in [0, 0.1) is 11.8 Å². The molecule has 1 saturated heterocycles. The molecule has 11 heteroatoms. The molecule has 1 N–H and O–H groups in total. The van der Waals surface area contributed by atoms with E-state index in [1.807, 2.05) is 24.3 Å². The summed E-state index contributed by atoms with van der Waals surface area (Å²) in [6.45, 7) is 14.7. The highest BCUT2D eigenvalue weighted by Gasteiger charge is 2.50. The number of carbonyl (C=O) groups is 2. The van der Waals surface area contributed by atoms with Gasteiger partial charge in [-0.1, -0.05) is 33.8 Å². The summed E-state index contributed by atoms with van der Waals surface area (Å²) in [6, 6.07) is 3.38. The minimum Gasteiger partial charge on any atom is -0.413 e. The van der Waals surface area contributed by atoms with Gasteiger partial charge in [-0.05, 0) is 31.1 Å². The Morgan fingerprint density at radius 3 is 2.45 bits per heavy atom. The molecule has 1 aliphatic rings. The van der Waals surface area contributed by atoms with E-state index in [1.54, 1.807) is 45.2 Å². The quantitative estimate of drug-likeness (QED) is 0.167. The number of β-lactam (4-membered cyclic amide) rings is 1. The van der Waals surface area contributed by atoms with Crippen molar-refractivity contribution in [3.63, 3.8) is 0 Å². The zero-order valence-corrected chi connectivity index (χ0v) is 25.4. The van der Waals surface area contributed by atoms with E-state index >= 15 is 0 Å². The number of nitrogens with zero attached hydrogens (tertiary/aromatic N) is 3. The van der Waals surface area contributed by atoms with Crippen LogP contribution in [-0.2, 0) is 24.5 Å². The highest BCUT2D eigenvalue weighted by atomic mass is 32.1. The second kappa shape index (κ2) is 10.3. The van der Waals surface area contributed by atoms with Crippen LogP contribution in [0.25, 0.3) is 4.83 Å². The lowest BCUT2D eigenvalue weighted by molar-refractivity contribution is -0.185. The number of ketones is 1. The Bertz CT molecular complexity index is 1310. The average Bonchev–Trinajstić information content (AvgIpc) is 3.44. The molecule has 1 fully saturated rings. The summed E-state index contributed by atoms with van der Waals surface area (Å²) in [5.41, 5.74) is 1.23. The Balaban J connectivity index is 1.59. The molecule has 206 valence electrons. The molecule has 0 saturated carbocycles. The van der Waals surface area contributed by atoms with E-state index in [9.17, 15) is 9.59 Å². The van der Waals surface area contributed by atoms with Crippen molar-refractivity contribution in [3.05, 3.63) is 53.2 Å². The second-order valence-corrected chi connectivity index (χ2v) is 17.3. The molecule has 3 aromatic rings. The third-order valence-corrected chi connectivity index (χ3v) is 13.8. The van der Waals surface area contributed by atoms with Crippen LogP contribution in [0.15, 0.2) is 37.1 Å². The van der Waals surface area contributed by atoms with Crippen molar-refractivity contribution in [3.8, 4) is 0 Å². The third-order valence-electron chi connectivity index (χ3n) is 8.13. The molecule has 0 spiro atoms. The molecular weight excluding hydrogens is 520 g/mol. The van der Waals surface area contributed by atoms with Gasteiger partial charge in [-0.15, -0.1) is 11.3 Å². The van der Waals surface area contributed by atoms with Gasteiger partial charge in [-0.3, -0.25) is 19.0 Å². The number of pyridine rings is 1. The molecule has 9 nitrogen and oxygen atoms in total. The first kappa shape index (κ1) is 28.6. The highest BCUT2D eigenvalue weighted by Crippen LogP contribution is 2.41. The molecule has 1 amide bonds. The van der Waals surface area contributed by atoms with Gasteiger partial charge >= 0.3 is 0 Å². The van der Waals surface area contributed by atoms with Crippen LogP contribution >= 0.6 is 11.3 Å². The molecule has 4 atom stereocenters. The minimum atomic E-state index is -2.07. The summed E-state index contributed by atoms with van der Waals surface area (Å²) in [4.78, 5) is 36.3. The number of imidazole rings is 1. The highest BCUT2D eigenvalue weighted by molar-refractivity contribution is 7.19. The molecule has 3 aromatic heterocycles. The predicted octanol–water partition coefficient (Wildman–Crippen LogP) is 4.63. The van der Waals surface area contributed by atoms with Gasteiger partial charge in [-0.25, -0.2) is 4.98 Å². The number of fused-ring (bicyclic) bond motifs is 1. The number of hydrogen-bond donors (Lipinski definition) is 1. The standard InChI is InChI=1S/C27H38N4O5SSi/c1-16(21-20(24(33)30-21)17(2)36-38(8,9)26(3,4)5)22(32)19-14-31-15-29-23(25(31)37-19)27(34-6,35-7)18-11-10-12-28-13-18/h10-17,20-21H,1-9H3,(H,30,33)/t16?,17-,20-,21-/m1/s1. The second-order valence-electron chi connectivity index (χ2n) is 11.5. The number of methoxy groups -OCH3 is 2. The predicted molar refractivity (Wildman–Crippen MR) is 149 cm³/mol. The number of nitrogens with one attached hydrogen (secondary N) is 1. The number of ether oxygens (including phenoxy) is 2. The number of thiazole rings is 1. The van der Waals surface area contributed by atoms with Crippen LogP contribution in [0.2, 0.25) is 18.1 Å². The van der Waals surface area contributed by atoms with E-state index < -0.39 is 20.0 Å². The van der Waals surface area contributed by atoms with E-state index in [4.69, 9.17) is 13.9 Å². The molecule has 1 aliphatic heterocycles. The number of rotatable bonds is 10. The molecule has 0 aliphatic carbocycles. The summed E-state index contributed by atoms with van der Waals surface area (Å²) < 4.78 is 20.0. The van der Waals surface area contributed by atoms with E-state index in [-0.39, 0.29) is 34.8 Å². The Hall–Kier alpha value is -2.44. The van der Waals surface area contributed by atoms with Crippen LogP contribution in [0.5, 0.6) is 0 Å². The summed E-state index contributed by atoms with van der Waals surface area (Å²) in [5, 5.41) is 2.99. The van der Waals surface area contributed by atoms with Crippen molar-refractivity contribution >= 4 is 36.2 Å². The number of hydrogen-bond acceptors (Lipinski definition) is 8. The molecule has 0 bridgehead atoms. The van der Waals surface area contributed by atoms with Gasteiger partial charge in [0.1, 0.15) is 16.9 Å². The molecular formula is C27H38N4O5SSi. The lowest BCUT2D eigenvalue weighted by Gasteiger charge is -2.46. The summed E-state index contributed by atoms with van der Waals surface area (Å²) in [7, 11) is 1.03. The van der Waals surface area contributed by atoms with Gasteiger partial charge in [0.05, 0.1) is 22.9 Å². The lowest BCUT2D eigenvalue weighted by Crippen LogP contribution is -2.66. The molecule has 0 aromatic carbocycles. The maximum Gasteiger partial charge on any atom is 0.243 e. The van der Waals surface area contributed by atoms with Gasteiger partial charge in [0.15, 0.2) is 14.1 Å². The van der Waals surface area contributed by atoms with E-state index in [0.717, 1.165) is 4.83 Å². The Morgan fingerprint density at radius 1 is 1.21 bits per heavy atom. The maximum atomic E-state index is 13.7. The zero-order chi connectivity index (χ0) is 28.0. The first-order chi connectivity index (χ1) is 17.8. The Morgan fingerprint density at radius 2 is 1.89 bits per heavy atom. The van der Waals surface area contributed by atoms with Crippen LogP contribution in [0.4, 0.5) is 0 Å². The summed E-state index contributed by atoms with van der Waals surface area (Å²) in [6.07, 6.45) is 6.50. The average molecular weight is 559 g/mol. The number of amides is 1. The first-order valence-corrected chi connectivity index (χ1v) is 16.5. The first-order valence-electron chi connectivity index (χ1n) is 12.8. The maximum absolute atomic E-state index is 13.7. The van der Waals surface area contributed by atoms with Crippen LogP contribution in [0.3, 0.4) is 0 Å². The van der Waals surface area contributed by atoms with Crippen molar-refractivity contribution in [1.29, 1.82) is 0 Å². The zero-order valence-electron chi connectivity index (χ0n) is 23.6. The fourth-order valence-electron chi connectivity index (χ4n) is 4.81. The van der Waals surface area contributed by atoms with Crippen LogP contribution in [-0.4, -0.2) is 60.7 Å². The van der Waals surface area contributed by atoms with Gasteiger partial charge in [0.25, 0.3) is 0 Å². The van der Waals surface area contributed by atoms with E-state index in [1.165, 1.54) is 11.3 Å². The number of Topliss-reactive ketones (excluding diaryl/α,β-unsaturated/α-hetero) is 1. The molecule has 38 heavy (non-hydrogen) atoms. The van der Waals surface area contributed by atoms with Crippen LogP contribution < -0.4 is 5.32 Å². The van der Waals surface area contributed by atoms with E-state index in [2.05, 4.69) is 49.1 Å². The summed E-state index contributed by atoms with van der Waals surface area (Å²) in [5.74, 6) is -2.17.